The van der Waals surface area contributed by atoms with Gasteiger partial charge in [0, 0.05) is 5.02 Å². The first kappa shape index (κ1) is 19.0. The molecule has 1 amide bonds. The number of halogens is 4. The largest absolute Gasteiger partial charge is 0.444 e. The average Bonchev–Trinajstić information content (AvgIpc) is 3.17. The van der Waals surface area contributed by atoms with Crippen LogP contribution in [-0.4, -0.2) is 20.7 Å². The van der Waals surface area contributed by atoms with Crippen molar-refractivity contribution in [3.05, 3.63) is 64.1 Å². The molecule has 0 radical (unpaired) electrons. The van der Waals surface area contributed by atoms with E-state index in [1.54, 1.807) is 13.8 Å². The van der Waals surface area contributed by atoms with Crippen LogP contribution in [0.1, 0.15) is 33.4 Å². The molecule has 3 aromatic rings. The number of hydrogen-bond acceptors (Lipinski definition) is 4. The van der Waals surface area contributed by atoms with Crippen molar-refractivity contribution in [1.29, 1.82) is 0 Å². The number of carbonyl (C=O) groups is 1. The molecule has 3 rings (SSSR count). The molecule has 142 valence electrons. The van der Waals surface area contributed by atoms with E-state index in [4.69, 9.17) is 16.0 Å². The molecule has 0 atom stereocenters. The Morgan fingerprint density at radius 2 is 1.93 bits per heavy atom. The van der Waals surface area contributed by atoms with Gasteiger partial charge in [-0.1, -0.05) is 11.6 Å². The van der Waals surface area contributed by atoms with Crippen molar-refractivity contribution in [2.45, 2.75) is 26.6 Å². The molecule has 2 heterocycles. The number of nitrogens with zero attached hydrogens (tertiary/aromatic N) is 3. The van der Waals surface area contributed by atoms with Gasteiger partial charge in [0.2, 0.25) is 5.89 Å². The van der Waals surface area contributed by atoms with Gasteiger partial charge in [-0.15, -0.1) is 0 Å². The minimum absolute atomic E-state index is 0.129. The predicted octanol–water partition coefficient (Wildman–Crippen LogP) is 4.08. The van der Waals surface area contributed by atoms with E-state index in [1.165, 1.54) is 24.3 Å². The maximum atomic E-state index is 13.6. The van der Waals surface area contributed by atoms with Gasteiger partial charge in [-0.3, -0.25) is 4.79 Å². The highest BCUT2D eigenvalue weighted by atomic mass is 35.5. The Morgan fingerprint density at radius 3 is 2.48 bits per heavy atom. The fraction of sp³-hybridized carbons (Fsp3) is 0.235. The standard InChI is InChI=1S/C17H14ClF3N4O2/c1-9-10(2)27-14(24-9)8-22-16(26)13-7-23-25(15(13)17(19,20)21)12-5-3-11(18)4-6-12/h3-7H,8H2,1-2H3,(H,22,26). The van der Waals surface area contributed by atoms with Crippen LogP contribution in [0.25, 0.3) is 5.69 Å². The van der Waals surface area contributed by atoms with Gasteiger partial charge < -0.3 is 9.73 Å². The zero-order valence-corrected chi connectivity index (χ0v) is 15.0. The summed E-state index contributed by atoms with van der Waals surface area (Å²) < 4.78 is 46.7. The first-order valence-electron chi connectivity index (χ1n) is 7.79. The highest BCUT2D eigenvalue weighted by Gasteiger charge is 2.40. The fourth-order valence-electron chi connectivity index (χ4n) is 2.43. The molecule has 0 fully saturated rings. The molecule has 0 spiro atoms. The minimum Gasteiger partial charge on any atom is -0.444 e. The Bertz CT molecular complexity index is 958. The summed E-state index contributed by atoms with van der Waals surface area (Å²) in [5.41, 5.74) is -1.00. The lowest BCUT2D eigenvalue weighted by atomic mass is 10.2. The lowest BCUT2D eigenvalue weighted by Gasteiger charge is -2.12. The molecule has 0 bridgehead atoms. The van der Waals surface area contributed by atoms with Crippen molar-refractivity contribution in [2.75, 3.05) is 0 Å². The molecule has 0 unspecified atom stereocenters. The van der Waals surface area contributed by atoms with Gasteiger partial charge in [0.1, 0.15) is 5.76 Å². The molecule has 6 nitrogen and oxygen atoms in total. The zero-order valence-electron chi connectivity index (χ0n) is 14.3. The van der Waals surface area contributed by atoms with Crippen molar-refractivity contribution < 1.29 is 22.4 Å². The highest BCUT2D eigenvalue weighted by molar-refractivity contribution is 6.30. The van der Waals surface area contributed by atoms with Crippen LogP contribution in [0.3, 0.4) is 0 Å². The summed E-state index contributed by atoms with van der Waals surface area (Å²) in [6.07, 6.45) is -3.92. The Hall–Kier alpha value is -2.81. The van der Waals surface area contributed by atoms with Crippen molar-refractivity contribution in [2.24, 2.45) is 0 Å². The SMILES string of the molecule is Cc1nc(CNC(=O)c2cnn(-c3ccc(Cl)cc3)c2C(F)(F)F)oc1C. The third-order valence-corrected chi connectivity index (χ3v) is 4.08. The lowest BCUT2D eigenvalue weighted by molar-refractivity contribution is -0.143. The average molecular weight is 399 g/mol. The van der Waals surface area contributed by atoms with E-state index in [1.807, 2.05) is 0 Å². The van der Waals surface area contributed by atoms with E-state index in [-0.39, 0.29) is 18.1 Å². The van der Waals surface area contributed by atoms with E-state index in [2.05, 4.69) is 15.4 Å². The van der Waals surface area contributed by atoms with E-state index in [0.717, 1.165) is 6.20 Å². The van der Waals surface area contributed by atoms with Gasteiger partial charge in [0.15, 0.2) is 5.69 Å². The summed E-state index contributed by atoms with van der Waals surface area (Å²) in [5, 5.41) is 6.47. The summed E-state index contributed by atoms with van der Waals surface area (Å²) >= 11 is 5.77. The van der Waals surface area contributed by atoms with Crippen LogP contribution in [0.15, 0.2) is 34.9 Å². The number of rotatable bonds is 4. The van der Waals surface area contributed by atoms with E-state index < -0.39 is 23.3 Å². The van der Waals surface area contributed by atoms with Crippen LogP contribution < -0.4 is 5.32 Å². The molecular weight excluding hydrogens is 385 g/mol. The number of amides is 1. The second-order valence-electron chi connectivity index (χ2n) is 5.72. The van der Waals surface area contributed by atoms with Gasteiger partial charge in [-0.05, 0) is 38.1 Å². The number of hydrogen-bond donors (Lipinski definition) is 1. The molecule has 0 saturated carbocycles. The smallest absolute Gasteiger partial charge is 0.434 e. The van der Waals surface area contributed by atoms with Crippen LogP contribution >= 0.6 is 11.6 Å². The molecule has 2 aromatic heterocycles. The summed E-state index contributed by atoms with van der Waals surface area (Å²) in [5.74, 6) is -0.154. The molecule has 0 saturated heterocycles. The number of alkyl halides is 3. The Morgan fingerprint density at radius 1 is 1.26 bits per heavy atom. The summed E-state index contributed by atoms with van der Waals surface area (Å²) in [7, 11) is 0. The number of nitrogens with one attached hydrogen (secondary N) is 1. The van der Waals surface area contributed by atoms with Crippen LogP contribution in [0.4, 0.5) is 13.2 Å². The third kappa shape index (κ3) is 3.97. The molecule has 27 heavy (non-hydrogen) atoms. The minimum atomic E-state index is -4.79. The van der Waals surface area contributed by atoms with Gasteiger partial charge in [0.05, 0.1) is 29.7 Å². The van der Waals surface area contributed by atoms with E-state index >= 15 is 0 Å². The van der Waals surface area contributed by atoms with Gasteiger partial charge in [-0.2, -0.15) is 18.3 Å². The van der Waals surface area contributed by atoms with Crippen molar-refractivity contribution >= 4 is 17.5 Å². The van der Waals surface area contributed by atoms with Gasteiger partial charge >= 0.3 is 6.18 Å². The van der Waals surface area contributed by atoms with Crippen LogP contribution in [0.2, 0.25) is 5.02 Å². The molecule has 1 N–H and O–H groups in total. The molecule has 1 aromatic carbocycles. The monoisotopic (exact) mass is 398 g/mol. The first-order valence-corrected chi connectivity index (χ1v) is 8.17. The maximum Gasteiger partial charge on any atom is 0.434 e. The van der Waals surface area contributed by atoms with Crippen molar-refractivity contribution in [1.82, 2.24) is 20.1 Å². The molecule has 0 aliphatic carbocycles. The number of aryl methyl sites for hydroxylation is 2. The van der Waals surface area contributed by atoms with Crippen LogP contribution in [-0.2, 0) is 12.7 Å². The Kier molecular flexibility index (Phi) is 4.97. The molecule has 0 aliphatic heterocycles. The van der Waals surface area contributed by atoms with Crippen LogP contribution in [0, 0.1) is 13.8 Å². The van der Waals surface area contributed by atoms with Crippen molar-refractivity contribution in [3.8, 4) is 5.69 Å². The molecular formula is C17H14ClF3N4O2. The quantitative estimate of drug-likeness (QED) is 0.718. The lowest BCUT2D eigenvalue weighted by Crippen LogP contribution is -2.26. The number of carbonyl (C=O) groups excluding carboxylic acids is 1. The second kappa shape index (κ2) is 7.07. The normalized spacial score (nSPS) is 11.6. The summed E-state index contributed by atoms with van der Waals surface area (Å²) in [6.45, 7) is 3.28. The second-order valence-corrected chi connectivity index (χ2v) is 6.16. The Balaban J connectivity index is 1.90. The first-order chi connectivity index (χ1) is 12.7. The fourth-order valence-corrected chi connectivity index (χ4v) is 2.56. The third-order valence-electron chi connectivity index (χ3n) is 3.83. The summed E-state index contributed by atoms with van der Waals surface area (Å²) in [6, 6.07) is 5.63. The maximum absolute atomic E-state index is 13.6. The molecule has 0 aliphatic rings. The number of aromatic nitrogens is 3. The number of benzene rings is 1. The topological polar surface area (TPSA) is 73.0 Å². The Labute approximate surface area is 157 Å². The summed E-state index contributed by atoms with van der Waals surface area (Å²) in [4.78, 5) is 16.4. The predicted molar refractivity (Wildman–Crippen MR) is 90.7 cm³/mol. The van der Waals surface area contributed by atoms with Gasteiger partial charge in [-0.25, -0.2) is 9.67 Å². The van der Waals surface area contributed by atoms with Crippen molar-refractivity contribution in [3.63, 3.8) is 0 Å². The van der Waals surface area contributed by atoms with Crippen LogP contribution in [0.5, 0.6) is 0 Å². The van der Waals surface area contributed by atoms with E-state index in [0.29, 0.717) is 21.2 Å². The number of oxazole rings is 1. The van der Waals surface area contributed by atoms with E-state index in [9.17, 15) is 18.0 Å². The zero-order chi connectivity index (χ0) is 19.8. The molecule has 10 heteroatoms. The highest BCUT2D eigenvalue weighted by Crippen LogP contribution is 2.33. The van der Waals surface area contributed by atoms with Gasteiger partial charge in [0.25, 0.3) is 5.91 Å².